The van der Waals surface area contributed by atoms with Crippen molar-refractivity contribution >= 4 is 24.0 Å². The van der Waals surface area contributed by atoms with Crippen LogP contribution in [0.3, 0.4) is 0 Å². The number of amides is 1. The highest BCUT2D eigenvalue weighted by molar-refractivity contribution is 5.92. The van der Waals surface area contributed by atoms with E-state index in [1.807, 2.05) is 0 Å². The maximum Gasteiger partial charge on any atom is 0.416 e. The van der Waals surface area contributed by atoms with Gasteiger partial charge in [0.05, 0.1) is 35.2 Å². The molecular formula is C15H18ClF3N4O. The van der Waals surface area contributed by atoms with Gasteiger partial charge < -0.3 is 11.1 Å². The van der Waals surface area contributed by atoms with Gasteiger partial charge in [0.25, 0.3) is 0 Å². The van der Waals surface area contributed by atoms with Crippen LogP contribution in [-0.2, 0) is 11.0 Å². The number of nitrogens with one attached hydrogen (secondary N) is 1. The Hall–Kier alpha value is -2.06. The maximum absolute atomic E-state index is 12.7. The highest BCUT2D eigenvalue weighted by Crippen LogP contribution is 2.30. The van der Waals surface area contributed by atoms with Crippen molar-refractivity contribution in [3.8, 4) is 5.69 Å². The molecule has 1 heterocycles. The van der Waals surface area contributed by atoms with Gasteiger partial charge in [0.2, 0.25) is 5.91 Å². The highest BCUT2D eigenvalue weighted by Gasteiger charge is 2.30. The zero-order valence-corrected chi connectivity index (χ0v) is 13.9. The lowest BCUT2D eigenvalue weighted by Crippen LogP contribution is -2.34. The molecular weight excluding hydrogens is 345 g/mol. The average molecular weight is 363 g/mol. The molecule has 3 N–H and O–H groups in total. The van der Waals surface area contributed by atoms with Crippen LogP contribution in [0.25, 0.3) is 5.69 Å². The van der Waals surface area contributed by atoms with E-state index in [0.29, 0.717) is 5.69 Å². The van der Waals surface area contributed by atoms with E-state index in [0.717, 1.165) is 12.1 Å². The quantitative estimate of drug-likeness (QED) is 0.877. The summed E-state index contributed by atoms with van der Waals surface area (Å²) in [7, 11) is 0. The molecule has 0 aliphatic rings. The monoisotopic (exact) mass is 362 g/mol. The molecule has 1 amide bonds. The highest BCUT2D eigenvalue weighted by atomic mass is 35.5. The van der Waals surface area contributed by atoms with Gasteiger partial charge in [0.1, 0.15) is 0 Å². The topological polar surface area (TPSA) is 72.9 Å². The fraction of sp³-hybridized carbons (Fsp3) is 0.333. The van der Waals surface area contributed by atoms with Crippen LogP contribution < -0.4 is 11.1 Å². The molecule has 2 unspecified atom stereocenters. The first kappa shape index (κ1) is 20.0. The van der Waals surface area contributed by atoms with Crippen molar-refractivity contribution in [3.63, 3.8) is 0 Å². The number of alkyl halides is 3. The van der Waals surface area contributed by atoms with Crippen LogP contribution in [0.2, 0.25) is 0 Å². The predicted molar refractivity (Wildman–Crippen MR) is 87.3 cm³/mol. The van der Waals surface area contributed by atoms with Crippen LogP contribution >= 0.6 is 12.4 Å². The van der Waals surface area contributed by atoms with Crippen molar-refractivity contribution in [1.29, 1.82) is 0 Å². The van der Waals surface area contributed by atoms with E-state index in [4.69, 9.17) is 5.73 Å². The number of halogens is 4. The fourth-order valence-electron chi connectivity index (χ4n) is 1.85. The number of nitrogens with zero attached hydrogens (tertiary/aromatic N) is 2. The molecule has 0 radical (unpaired) electrons. The third-order valence-corrected chi connectivity index (χ3v) is 3.49. The third kappa shape index (κ3) is 4.72. The molecule has 1 aromatic carbocycles. The standard InChI is InChI=1S/C15H17F3N4O.ClH/c1-9(10(2)19)14(23)21-12-7-20-22(8-12)13-5-3-4-11(6-13)15(16,17)18;/h3-10H,19H2,1-2H3,(H,21,23);1H. The van der Waals surface area contributed by atoms with Gasteiger partial charge in [-0.25, -0.2) is 4.68 Å². The lowest BCUT2D eigenvalue weighted by molar-refractivity contribution is -0.137. The normalized spacial score (nSPS) is 13.8. The van der Waals surface area contributed by atoms with Crippen LogP contribution in [0, 0.1) is 5.92 Å². The minimum absolute atomic E-state index is 0. The molecule has 0 bridgehead atoms. The summed E-state index contributed by atoms with van der Waals surface area (Å²) in [5, 5.41) is 6.60. The molecule has 132 valence electrons. The molecule has 0 saturated carbocycles. The molecule has 0 spiro atoms. The summed E-state index contributed by atoms with van der Waals surface area (Å²) in [6, 6.07) is 4.46. The SMILES string of the molecule is CC(N)C(C)C(=O)Nc1cnn(-c2cccc(C(F)(F)F)c2)c1.Cl. The molecule has 2 rings (SSSR count). The maximum atomic E-state index is 12.7. The summed E-state index contributed by atoms with van der Waals surface area (Å²) in [6.45, 7) is 3.41. The van der Waals surface area contributed by atoms with Crippen LogP contribution in [0.1, 0.15) is 19.4 Å². The molecule has 5 nitrogen and oxygen atoms in total. The van der Waals surface area contributed by atoms with Crippen LogP contribution in [-0.4, -0.2) is 21.7 Å². The van der Waals surface area contributed by atoms with Crippen molar-refractivity contribution in [2.24, 2.45) is 11.7 Å². The van der Waals surface area contributed by atoms with Gasteiger partial charge in [0, 0.05) is 6.04 Å². The summed E-state index contributed by atoms with van der Waals surface area (Å²) in [5.41, 5.74) is 5.53. The largest absolute Gasteiger partial charge is 0.416 e. The van der Waals surface area contributed by atoms with Crippen molar-refractivity contribution < 1.29 is 18.0 Å². The van der Waals surface area contributed by atoms with E-state index >= 15 is 0 Å². The Kier molecular flexibility index (Phi) is 6.39. The third-order valence-electron chi connectivity index (χ3n) is 3.49. The van der Waals surface area contributed by atoms with Crippen LogP contribution in [0.5, 0.6) is 0 Å². The number of hydrogen-bond donors (Lipinski definition) is 2. The molecule has 2 aromatic rings. The van der Waals surface area contributed by atoms with Gasteiger partial charge in [0.15, 0.2) is 0 Å². The Morgan fingerprint density at radius 3 is 2.58 bits per heavy atom. The molecule has 0 aliphatic carbocycles. The molecule has 24 heavy (non-hydrogen) atoms. The summed E-state index contributed by atoms with van der Waals surface area (Å²) in [6.07, 6.45) is -1.61. The Bertz CT molecular complexity index is 700. The number of carbonyl (C=O) groups is 1. The number of rotatable bonds is 4. The zero-order chi connectivity index (χ0) is 17.2. The van der Waals surface area contributed by atoms with Crippen molar-refractivity contribution in [2.45, 2.75) is 26.1 Å². The molecule has 0 saturated heterocycles. The average Bonchev–Trinajstić information content (AvgIpc) is 2.94. The first-order valence-electron chi connectivity index (χ1n) is 6.97. The van der Waals surface area contributed by atoms with Crippen LogP contribution in [0.4, 0.5) is 18.9 Å². The molecule has 0 aliphatic heterocycles. The fourth-order valence-corrected chi connectivity index (χ4v) is 1.85. The van der Waals surface area contributed by atoms with E-state index in [9.17, 15) is 18.0 Å². The minimum atomic E-state index is -4.42. The second-order valence-electron chi connectivity index (χ2n) is 5.36. The Balaban J connectivity index is 0.00000288. The molecule has 1 aromatic heterocycles. The summed E-state index contributed by atoms with van der Waals surface area (Å²) in [5.74, 6) is -0.671. The van der Waals surface area contributed by atoms with Crippen LogP contribution in [0.15, 0.2) is 36.7 Å². The number of carbonyl (C=O) groups excluding carboxylic acids is 1. The van der Waals surface area contributed by atoms with Gasteiger partial charge in [-0.2, -0.15) is 18.3 Å². The Labute approximate surface area is 143 Å². The van der Waals surface area contributed by atoms with E-state index in [1.54, 1.807) is 13.8 Å². The first-order valence-corrected chi connectivity index (χ1v) is 6.97. The summed E-state index contributed by atoms with van der Waals surface area (Å²) < 4.78 is 39.4. The van der Waals surface area contributed by atoms with Gasteiger partial charge >= 0.3 is 6.18 Å². The van der Waals surface area contributed by atoms with Crippen molar-refractivity contribution in [2.75, 3.05) is 5.32 Å². The van der Waals surface area contributed by atoms with Crippen molar-refractivity contribution in [3.05, 3.63) is 42.2 Å². The van der Waals surface area contributed by atoms with Gasteiger partial charge in [-0.1, -0.05) is 13.0 Å². The molecule has 2 atom stereocenters. The second kappa shape index (κ2) is 7.67. The minimum Gasteiger partial charge on any atom is -0.327 e. The first-order chi connectivity index (χ1) is 10.7. The Morgan fingerprint density at radius 2 is 2.00 bits per heavy atom. The van der Waals surface area contributed by atoms with E-state index < -0.39 is 17.7 Å². The zero-order valence-electron chi connectivity index (χ0n) is 13.0. The number of benzene rings is 1. The molecule has 0 fully saturated rings. The van der Waals surface area contributed by atoms with E-state index in [1.165, 1.54) is 29.2 Å². The van der Waals surface area contributed by atoms with Gasteiger partial charge in [-0.15, -0.1) is 12.4 Å². The lowest BCUT2D eigenvalue weighted by Gasteiger charge is -2.14. The number of anilines is 1. The van der Waals surface area contributed by atoms with Gasteiger partial charge in [-0.05, 0) is 25.1 Å². The second-order valence-corrected chi connectivity index (χ2v) is 5.36. The predicted octanol–water partition coefficient (Wildman–Crippen LogP) is 3.23. The number of hydrogen-bond acceptors (Lipinski definition) is 3. The smallest absolute Gasteiger partial charge is 0.327 e. The summed E-state index contributed by atoms with van der Waals surface area (Å²) >= 11 is 0. The van der Waals surface area contributed by atoms with Gasteiger partial charge in [-0.3, -0.25) is 4.79 Å². The Morgan fingerprint density at radius 1 is 1.33 bits per heavy atom. The van der Waals surface area contributed by atoms with Crippen molar-refractivity contribution in [1.82, 2.24) is 9.78 Å². The number of nitrogens with two attached hydrogens (primary N) is 1. The summed E-state index contributed by atoms with van der Waals surface area (Å²) in [4.78, 5) is 11.9. The lowest BCUT2D eigenvalue weighted by atomic mass is 10.0. The van der Waals surface area contributed by atoms with E-state index in [2.05, 4.69) is 10.4 Å². The number of aromatic nitrogens is 2. The molecule has 9 heteroatoms. The van der Waals surface area contributed by atoms with E-state index in [-0.39, 0.29) is 30.0 Å².